The number of carbonyl (C=O) groups excluding carboxylic acids is 1. The zero-order valence-electron chi connectivity index (χ0n) is 19.1. The number of benzene rings is 2. The van der Waals surface area contributed by atoms with Crippen LogP contribution in [0.2, 0.25) is 0 Å². The predicted molar refractivity (Wildman–Crippen MR) is 126 cm³/mol. The summed E-state index contributed by atoms with van der Waals surface area (Å²) in [7, 11) is 4.03. The van der Waals surface area contributed by atoms with Crippen LogP contribution >= 0.6 is 0 Å². The number of phenolic OH excluding ortho intramolecular Hbond substituents is 1. The van der Waals surface area contributed by atoms with E-state index in [1.54, 1.807) is 17.0 Å². The number of amidine groups is 1. The molecule has 32 heavy (non-hydrogen) atoms. The Morgan fingerprint density at radius 2 is 2.00 bits per heavy atom. The van der Waals surface area contributed by atoms with E-state index in [4.69, 9.17) is 4.74 Å². The number of amides is 1. The van der Waals surface area contributed by atoms with Gasteiger partial charge in [-0.1, -0.05) is 6.07 Å². The minimum absolute atomic E-state index is 0.0372. The lowest BCUT2D eigenvalue weighted by atomic mass is 9.98. The van der Waals surface area contributed by atoms with Gasteiger partial charge in [0.1, 0.15) is 23.9 Å². The minimum Gasteiger partial charge on any atom is -0.507 e. The molecule has 2 heterocycles. The van der Waals surface area contributed by atoms with Crippen LogP contribution in [0.25, 0.3) is 0 Å². The maximum Gasteiger partial charge on any atom is 0.258 e. The highest BCUT2D eigenvalue weighted by Crippen LogP contribution is 2.31. The Balaban J connectivity index is 1.53. The molecule has 0 atom stereocenters. The fourth-order valence-electron chi connectivity index (χ4n) is 4.21. The highest BCUT2D eigenvalue weighted by Gasteiger charge is 2.28. The first-order chi connectivity index (χ1) is 15.5. The third-order valence-corrected chi connectivity index (χ3v) is 5.92. The number of aryl methyl sites for hydroxylation is 1. The summed E-state index contributed by atoms with van der Waals surface area (Å²) < 4.78 is 5.85. The third-order valence-electron chi connectivity index (χ3n) is 5.92. The summed E-state index contributed by atoms with van der Waals surface area (Å²) in [6.07, 6.45) is 1.76. The summed E-state index contributed by atoms with van der Waals surface area (Å²) in [5.74, 6) is 1.49. The largest absolute Gasteiger partial charge is 0.507 e. The van der Waals surface area contributed by atoms with Crippen LogP contribution in [0.5, 0.6) is 11.5 Å². The van der Waals surface area contributed by atoms with E-state index >= 15 is 0 Å². The van der Waals surface area contributed by atoms with Crippen molar-refractivity contribution in [2.24, 2.45) is 4.99 Å². The van der Waals surface area contributed by atoms with E-state index in [0.717, 1.165) is 66.3 Å². The second-order valence-electron chi connectivity index (χ2n) is 8.63. The number of hydrogen-bond donors (Lipinski definition) is 2. The molecule has 2 aromatic carbocycles. The van der Waals surface area contributed by atoms with Crippen LogP contribution in [0.15, 0.2) is 35.3 Å². The average molecular weight is 437 g/mol. The van der Waals surface area contributed by atoms with Crippen LogP contribution in [-0.4, -0.2) is 67.0 Å². The molecule has 7 nitrogen and oxygen atoms in total. The van der Waals surface area contributed by atoms with Crippen LogP contribution in [0.4, 0.5) is 0 Å². The first-order valence-electron chi connectivity index (χ1n) is 11.3. The van der Waals surface area contributed by atoms with Gasteiger partial charge in [-0.25, -0.2) is 0 Å². The minimum atomic E-state index is -0.170. The summed E-state index contributed by atoms with van der Waals surface area (Å²) in [5.41, 5.74) is 4.47. The molecule has 2 aromatic rings. The van der Waals surface area contributed by atoms with Crippen molar-refractivity contribution in [1.82, 2.24) is 15.1 Å². The molecule has 0 saturated heterocycles. The van der Waals surface area contributed by atoms with Crippen molar-refractivity contribution in [3.8, 4) is 11.5 Å². The molecule has 2 N–H and O–H groups in total. The molecule has 7 heteroatoms. The Hall–Kier alpha value is -3.06. The first kappa shape index (κ1) is 22.1. The van der Waals surface area contributed by atoms with Gasteiger partial charge in [-0.3, -0.25) is 9.79 Å². The Morgan fingerprint density at radius 3 is 2.78 bits per heavy atom. The van der Waals surface area contributed by atoms with Crippen molar-refractivity contribution in [3.05, 3.63) is 58.1 Å². The van der Waals surface area contributed by atoms with E-state index < -0.39 is 0 Å². The topological polar surface area (TPSA) is 77.4 Å². The molecule has 0 spiro atoms. The SMILES string of the molecule is CCNC1=NCCCc2cc(O)c(C(=O)N3Cc4ccc(OCCN(C)C)cc4C3)cc21. The highest BCUT2D eigenvalue weighted by molar-refractivity contribution is 6.04. The van der Waals surface area contributed by atoms with Gasteiger partial charge < -0.3 is 25.0 Å². The summed E-state index contributed by atoms with van der Waals surface area (Å²) in [6, 6.07) is 9.55. The van der Waals surface area contributed by atoms with Gasteiger partial charge in [-0.15, -0.1) is 0 Å². The number of carbonyl (C=O) groups is 1. The maximum absolute atomic E-state index is 13.4. The quantitative estimate of drug-likeness (QED) is 0.728. The van der Waals surface area contributed by atoms with Gasteiger partial charge in [0, 0.05) is 38.3 Å². The van der Waals surface area contributed by atoms with Gasteiger partial charge in [0.2, 0.25) is 0 Å². The van der Waals surface area contributed by atoms with E-state index in [-0.39, 0.29) is 11.7 Å². The fraction of sp³-hybridized carbons (Fsp3) is 0.440. The molecular weight excluding hydrogens is 404 g/mol. The van der Waals surface area contributed by atoms with E-state index in [0.29, 0.717) is 25.3 Å². The number of nitrogens with zero attached hydrogens (tertiary/aromatic N) is 3. The van der Waals surface area contributed by atoms with Gasteiger partial charge in [-0.05, 0) is 74.8 Å². The molecule has 0 saturated carbocycles. The highest BCUT2D eigenvalue weighted by atomic mass is 16.5. The average Bonchev–Trinajstić information content (AvgIpc) is 3.09. The van der Waals surface area contributed by atoms with Gasteiger partial charge in [-0.2, -0.15) is 0 Å². The Kier molecular flexibility index (Phi) is 6.65. The lowest BCUT2D eigenvalue weighted by Gasteiger charge is -2.19. The van der Waals surface area contributed by atoms with Crippen LogP contribution in [-0.2, 0) is 19.5 Å². The van der Waals surface area contributed by atoms with Crippen molar-refractivity contribution in [1.29, 1.82) is 0 Å². The lowest BCUT2D eigenvalue weighted by molar-refractivity contribution is 0.0748. The maximum atomic E-state index is 13.4. The third kappa shape index (κ3) is 4.72. The number of likely N-dealkylation sites (N-methyl/N-ethyl adjacent to an activating group) is 1. The Morgan fingerprint density at radius 1 is 1.19 bits per heavy atom. The van der Waals surface area contributed by atoms with E-state index in [1.807, 2.05) is 39.2 Å². The summed E-state index contributed by atoms with van der Waals surface area (Å²) in [4.78, 5) is 21.9. The van der Waals surface area contributed by atoms with Gasteiger partial charge in [0.15, 0.2) is 0 Å². The van der Waals surface area contributed by atoms with Crippen LogP contribution < -0.4 is 10.1 Å². The van der Waals surface area contributed by atoms with E-state index in [1.165, 1.54) is 0 Å². The fourth-order valence-corrected chi connectivity index (χ4v) is 4.21. The second kappa shape index (κ2) is 9.61. The molecule has 2 aliphatic heterocycles. The molecular formula is C25H32N4O3. The number of phenols is 1. The van der Waals surface area contributed by atoms with Crippen molar-refractivity contribution in [3.63, 3.8) is 0 Å². The number of hydrogen-bond acceptors (Lipinski definition) is 6. The van der Waals surface area contributed by atoms with E-state index in [2.05, 4.69) is 15.2 Å². The molecule has 0 radical (unpaired) electrons. The van der Waals surface area contributed by atoms with Gasteiger partial charge in [0.05, 0.1) is 5.56 Å². The molecule has 1 amide bonds. The number of fused-ring (bicyclic) bond motifs is 2. The number of rotatable bonds is 6. The molecule has 0 fully saturated rings. The van der Waals surface area contributed by atoms with Crippen LogP contribution in [0.3, 0.4) is 0 Å². The number of aliphatic imine (C=N–C) groups is 1. The Labute approximate surface area is 189 Å². The number of ether oxygens (including phenoxy) is 1. The summed E-state index contributed by atoms with van der Waals surface area (Å²) >= 11 is 0. The molecule has 2 aliphatic rings. The molecule has 0 unspecified atom stereocenters. The van der Waals surface area contributed by atoms with Crippen molar-refractivity contribution in [2.45, 2.75) is 32.9 Å². The molecule has 0 aromatic heterocycles. The Bertz CT molecular complexity index is 1030. The van der Waals surface area contributed by atoms with Gasteiger partial charge in [0.25, 0.3) is 5.91 Å². The smallest absolute Gasteiger partial charge is 0.258 e. The zero-order valence-corrected chi connectivity index (χ0v) is 19.1. The normalized spacial score (nSPS) is 15.1. The van der Waals surface area contributed by atoms with Crippen molar-refractivity contribution in [2.75, 3.05) is 40.3 Å². The van der Waals surface area contributed by atoms with E-state index in [9.17, 15) is 9.90 Å². The number of aromatic hydroxyl groups is 1. The first-order valence-corrected chi connectivity index (χ1v) is 11.3. The number of nitrogens with one attached hydrogen (secondary N) is 1. The van der Waals surface area contributed by atoms with Crippen LogP contribution in [0, 0.1) is 0 Å². The van der Waals surface area contributed by atoms with Crippen molar-refractivity contribution >= 4 is 11.7 Å². The summed E-state index contributed by atoms with van der Waals surface area (Å²) in [6.45, 7) is 6.01. The predicted octanol–water partition coefficient (Wildman–Crippen LogP) is 2.79. The molecule has 170 valence electrons. The molecule has 0 aliphatic carbocycles. The zero-order chi connectivity index (χ0) is 22.7. The molecule has 4 rings (SSSR count). The van der Waals surface area contributed by atoms with Gasteiger partial charge >= 0.3 is 0 Å². The summed E-state index contributed by atoms with van der Waals surface area (Å²) in [5, 5.41) is 14.0. The monoisotopic (exact) mass is 436 g/mol. The molecule has 0 bridgehead atoms. The standard InChI is InChI=1S/C25H32N4O3/c1-4-26-24-21-14-22(23(30)13-17(21)6-5-9-27-24)25(31)29-15-18-7-8-20(12-19(18)16-29)32-11-10-28(2)3/h7-8,12-14,30H,4-6,9-11,15-16H2,1-3H3,(H,26,27). The van der Waals surface area contributed by atoms with Crippen molar-refractivity contribution < 1.29 is 14.6 Å². The lowest BCUT2D eigenvalue weighted by Crippen LogP contribution is -2.28. The van der Waals surface area contributed by atoms with Crippen LogP contribution in [0.1, 0.15) is 46.0 Å². The second-order valence-corrected chi connectivity index (χ2v) is 8.63.